The van der Waals surface area contributed by atoms with E-state index in [4.69, 9.17) is 0 Å². The van der Waals surface area contributed by atoms with Crippen molar-refractivity contribution in [2.24, 2.45) is 0 Å². The molecule has 3 rings (SSSR count). The van der Waals surface area contributed by atoms with Crippen molar-refractivity contribution in [2.45, 2.75) is 63.9 Å². The number of hydrogen-bond donors (Lipinski definition) is 1. The van der Waals surface area contributed by atoms with Crippen molar-refractivity contribution in [2.75, 3.05) is 4.72 Å². The molecule has 5 nitrogen and oxygen atoms in total. The van der Waals surface area contributed by atoms with Crippen LogP contribution in [0.3, 0.4) is 0 Å². The number of anilines is 1. The van der Waals surface area contributed by atoms with Gasteiger partial charge in [-0.1, -0.05) is 23.8 Å². The monoisotopic (exact) mass is 400 g/mol. The number of carbonyl (C=O) groups is 1. The molecule has 0 aliphatic carbocycles. The molecule has 0 unspecified atom stereocenters. The van der Waals surface area contributed by atoms with Gasteiger partial charge in [-0.15, -0.1) is 0 Å². The second kappa shape index (κ2) is 7.95. The van der Waals surface area contributed by atoms with Crippen LogP contribution in [0, 0.1) is 13.8 Å². The van der Waals surface area contributed by atoms with E-state index < -0.39 is 10.0 Å². The fraction of sp³-hybridized carbons (Fsp3) is 0.409. The van der Waals surface area contributed by atoms with Crippen LogP contribution in [-0.4, -0.2) is 31.3 Å². The molecule has 2 aromatic rings. The molecule has 0 spiro atoms. The number of amides is 1. The lowest BCUT2D eigenvalue weighted by molar-refractivity contribution is 0.0510. The molecule has 0 aromatic heterocycles. The molecule has 2 atom stereocenters. The molecule has 0 bridgehead atoms. The van der Waals surface area contributed by atoms with E-state index in [0.717, 1.165) is 24.8 Å². The summed E-state index contributed by atoms with van der Waals surface area (Å²) in [5.41, 5.74) is 2.57. The van der Waals surface area contributed by atoms with Crippen molar-refractivity contribution < 1.29 is 13.2 Å². The number of nitrogens with zero attached hydrogens (tertiary/aromatic N) is 1. The van der Waals surface area contributed by atoms with Crippen LogP contribution in [0.2, 0.25) is 0 Å². The summed E-state index contributed by atoms with van der Waals surface area (Å²) in [6, 6.07) is 12.4. The maximum Gasteiger partial charge on any atom is 0.262 e. The van der Waals surface area contributed by atoms with Crippen molar-refractivity contribution in [3.8, 4) is 0 Å². The third-order valence-electron chi connectivity index (χ3n) is 5.46. The smallest absolute Gasteiger partial charge is 0.262 e. The fourth-order valence-electron chi connectivity index (χ4n) is 3.83. The predicted octanol–water partition coefficient (Wildman–Crippen LogP) is 4.51. The van der Waals surface area contributed by atoms with Gasteiger partial charge in [0.15, 0.2) is 0 Å². The topological polar surface area (TPSA) is 66.5 Å². The van der Waals surface area contributed by atoms with Gasteiger partial charge in [0.05, 0.1) is 4.90 Å². The Hall–Kier alpha value is -2.34. The first-order valence-corrected chi connectivity index (χ1v) is 11.2. The largest absolute Gasteiger partial charge is 0.333 e. The number of carbonyl (C=O) groups excluding carboxylic acids is 1. The average molecular weight is 401 g/mol. The highest BCUT2D eigenvalue weighted by Gasteiger charge is 2.30. The SMILES string of the molecule is Cc1ccc(NS(=O)(=O)c2cc(C(=O)N3[C@H](C)CCC[C@H]3C)ccc2C)cc1. The maximum absolute atomic E-state index is 13.1. The van der Waals surface area contributed by atoms with Crippen molar-refractivity contribution in [3.05, 3.63) is 59.2 Å². The van der Waals surface area contributed by atoms with Crippen LogP contribution in [0.15, 0.2) is 47.4 Å². The molecule has 6 heteroatoms. The molecule has 1 fully saturated rings. The second-order valence-electron chi connectivity index (χ2n) is 7.79. The fourth-order valence-corrected chi connectivity index (χ4v) is 5.16. The Bertz CT molecular complexity index is 958. The van der Waals surface area contributed by atoms with Crippen LogP contribution in [0.1, 0.15) is 54.6 Å². The van der Waals surface area contributed by atoms with Gasteiger partial charge in [-0.3, -0.25) is 9.52 Å². The summed E-state index contributed by atoms with van der Waals surface area (Å²) >= 11 is 0. The molecule has 1 N–H and O–H groups in total. The van der Waals surface area contributed by atoms with Crippen LogP contribution < -0.4 is 4.72 Å². The number of rotatable bonds is 4. The molecule has 1 aliphatic rings. The molecule has 1 aliphatic heterocycles. The van der Waals surface area contributed by atoms with Gasteiger partial charge in [0, 0.05) is 23.3 Å². The highest BCUT2D eigenvalue weighted by atomic mass is 32.2. The van der Waals surface area contributed by atoms with Gasteiger partial charge >= 0.3 is 0 Å². The molecule has 1 saturated heterocycles. The molecular weight excluding hydrogens is 372 g/mol. The van der Waals surface area contributed by atoms with E-state index in [1.54, 1.807) is 31.2 Å². The summed E-state index contributed by atoms with van der Waals surface area (Å²) in [5.74, 6) is -0.105. The minimum Gasteiger partial charge on any atom is -0.333 e. The Morgan fingerprint density at radius 2 is 1.61 bits per heavy atom. The number of benzene rings is 2. The van der Waals surface area contributed by atoms with Crippen LogP contribution in [0.25, 0.3) is 0 Å². The van der Waals surface area contributed by atoms with Crippen molar-refractivity contribution in [3.63, 3.8) is 0 Å². The Labute approximate surface area is 167 Å². The maximum atomic E-state index is 13.1. The number of aryl methyl sites for hydroxylation is 2. The van der Waals surface area contributed by atoms with E-state index in [2.05, 4.69) is 18.6 Å². The van der Waals surface area contributed by atoms with E-state index in [1.165, 1.54) is 6.07 Å². The minimum atomic E-state index is -3.79. The van der Waals surface area contributed by atoms with Crippen molar-refractivity contribution >= 4 is 21.6 Å². The Balaban J connectivity index is 1.92. The molecule has 2 aromatic carbocycles. The Morgan fingerprint density at radius 3 is 2.21 bits per heavy atom. The summed E-state index contributed by atoms with van der Waals surface area (Å²) in [5, 5.41) is 0. The Kier molecular flexibility index (Phi) is 5.79. The summed E-state index contributed by atoms with van der Waals surface area (Å²) in [6.07, 6.45) is 3.06. The lowest BCUT2D eigenvalue weighted by atomic mass is 9.96. The summed E-state index contributed by atoms with van der Waals surface area (Å²) in [7, 11) is -3.79. The molecule has 1 heterocycles. The standard InChI is InChI=1S/C22H28N2O3S/c1-15-8-12-20(13-9-15)23-28(26,27)21-14-19(11-10-16(21)2)22(25)24-17(3)6-5-7-18(24)4/h8-14,17-18,23H,5-7H2,1-4H3/t17-,18-/m1/s1. The number of sulfonamides is 1. The summed E-state index contributed by atoms with van der Waals surface area (Å²) < 4.78 is 28.5. The van der Waals surface area contributed by atoms with Crippen LogP contribution in [0.4, 0.5) is 5.69 Å². The first-order valence-electron chi connectivity index (χ1n) is 9.72. The van der Waals surface area contributed by atoms with E-state index in [0.29, 0.717) is 16.8 Å². The van der Waals surface area contributed by atoms with Gasteiger partial charge in [-0.25, -0.2) is 8.42 Å². The van der Waals surface area contributed by atoms with Gasteiger partial charge < -0.3 is 4.90 Å². The quantitative estimate of drug-likeness (QED) is 0.821. The molecular formula is C22H28N2O3S. The minimum absolute atomic E-state index is 0.105. The highest BCUT2D eigenvalue weighted by Crippen LogP contribution is 2.27. The lowest BCUT2D eigenvalue weighted by Crippen LogP contribution is -2.47. The zero-order chi connectivity index (χ0) is 20.5. The Morgan fingerprint density at radius 1 is 1.00 bits per heavy atom. The molecule has 28 heavy (non-hydrogen) atoms. The highest BCUT2D eigenvalue weighted by molar-refractivity contribution is 7.92. The third-order valence-corrected chi connectivity index (χ3v) is 6.98. The molecule has 0 radical (unpaired) electrons. The average Bonchev–Trinajstić information content (AvgIpc) is 2.63. The van der Waals surface area contributed by atoms with Crippen LogP contribution in [-0.2, 0) is 10.0 Å². The van der Waals surface area contributed by atoms with Gasteiger partial charge in [-0.05, 0) is 76.8 Å². The van der Waals surface area contributed by atoms with Gasteiger partial charge in [-0.2, -0.15) is 0 Å². The van der Waals surface area contributed by atoms with Gasteiger partial charge in [0.25, 0.3) is 15.9 Å². The first kappa shape index (κ1) is 20.4. The van der Waals surface area contributed by atoms with Crippen LogP contribution >= 0.6 is 0 Å². The van der Waals surface area contributed by atoms with Gasteiger partial charge in [0.2, 0.25) is 0 Å². The van der Waals surface area contributed by atoms with E-state index >= 15 is 0 Å². The van der Waals surface area contributed by atoms with Crippen molar-refractivity contribution in [1.82, 2.24) is 4.90 Å². The zero-order valence-corrected chi connectivity index (χ0v) is 17.7. The molecule has 1 amide bonds. The molecule has 0 saturated carbocycles. The van der Waals surface area contributed by atoms with Crippen LogP contribution in [0.5, 0.6) is 0 Å². The number of piperidine rings is 1. The van der Waals surface area contributed by atoms with Crippen molar-refractivity contribution in [1.29, 1.82) is 0 Å². The predicted molar refractivity (Wildman–Crippen MR) is 112 cm³/mol. The van der Waals surface area contributed by atoms with E-state index in [9.17, 15) is 13.2 Å². The molecule has 150 valence electrons. The number of likely N-dealkylation sites (tertiary alicyclic amines) is 1. The third kappa shape index (κ3) is 4.22. The second-order valence-corrected chi connectivity index (χ2v) is 9.44. The number of hydrogen-bond acceptors (Lipinski definition) is 3. The normalized spacial score (nSPS) is 20.1. The first-order chi connectivity index (χ1) is 13.2. The summed E-state index contributed by atoms with van der Waals surface area (Å²) in [6.45, 7) is 7.79. The zero-order valence-electron chi connectivity index (χ0n) is 16.9. The van der Waals surface area contributed by atoms with E-state index in [-0.39, 0.29) is 22.9 Å². The van der Waals surface area contributed by atoms with E-state index in [1.807, 2.05) is 24.0 Å². The lowest BCUT2D eigenvalue weighted by Gasteiger charge is -2.39. The van der Waals surface area contributed by atoms with Gasteiger partial charge in [0.1, 0.15) is 0 Å². The number of nitrogens with one attached hydrogen (secondary N) is 1. The summed E-state index contributed by atoms with van der Waals surface area (Å²) in [4.78, 5) is 15.1.